The monoisotopic (exact) mass is 336 g/mol. The predicted octanol–water partition coefficient (Wildman–Crippen LogP) is 1.54. The number of nitrogens with two attached hydrogens (primary N) is 1. The van der Waals surface area contributed by atoms with Crippen molar-refractivity contribution < 1.29 is 9.59 Å². The van der Waals surface area contributed by atoms with Crippen LogP contribution in [-0.2, 0) is 4.79 Å². The van der Waals surface area contributed by atoms with Gasteiger partial charge in [0, 0.05) is 23.8 Å². The molecule has 1 aliphatic rings. The summed E-state index contributed by atoms with van der Waals surface area (Å²) >= 11 is 5.89. The molecule has 0 aliphatic heterocycles. The van der Waals surface area contributed by atoms with E-state index < -0.39 is 0 Å². The average molecular weight is 337 g/mol. The molecule has 0 atom stereocenters. The first-order valence-electron chi connectivity index (χ1n) is 7.55. The molecule has 1 aliphatic carbocycles. The lowest BCUT2D eigenvalue weighted by molar-refractivity contribution is -0.117. The Labute approximate surface area is 140 Å². The molecular formula is C16H21ClN4O2. The maximum absolute atomic E-state index is 12.0. The van der Waals surface area contributed by atoms with Crippen molar-refractivity contribution in [2.24, 2.45) is 5.73 Å². The smallest absolute Gasteiger partial charge is 0.269 e. The van der Waals surface area contributed by atoms with Gasteiger partial charge in [0.1, 0.15) is 5.70 Å². The zero-order valence-electron chi connectivity index (χ0n) is 13.0. The van der Waals surface area contributed by atoms with Crippen LogP contribution in [0, 0.1) is 0 Å². The van der Waals surface area contributed by atoms with E-state index in [0.29, 0.717) is 23.5 Å². The van der Waals surface area contributed by atoms with E-state index in [4.69, 9.17) is 17.3 Å². The molecule has 1 saturated carbocycles. The Morgan fingerprint density at radius 3 is 2.43 bits per heavy atom. The Kier molecular flexibility index (Phi) is 5.87. The second-order valence-electron chi connectivity index (χ2n) is 5.34. The molecule has 0 radical (unpaired) electrons. The maximum Gasteiger partial charge on any atom is 0.269 e. The van der Waals surface area contributed by atoms with Crippen LogP contribution in [0.1, 0.15) is 30.1 Å². The van der Waals surface area contributed by atoms with Crippen LogP contribution in [0.4, 0.5) is 5.69 Å². The van der Waals surface area contributed by atoms with Crippen molar-refractivity contribution in [1.82, 2.24) is 10.6 Å². The van der Waals surface area contributed by atoms with Crippen molar-refractivity contribution in [2.75, 3.05) is 17.7 Å². The number of hydrogen-bond acceptors (Lipinski definition) is 4. The van der Waals surface area contributed by atoms with E-state index in [-0.39, 0.29) is 29.4 Å². The van der Waals surface area contributed by atoms with E-state index in [1.165, 1.54) is 0 Å². The summed E-state index contributed by atoms with van der Waals surface area (Å²) in [5.41, 5.74) is 7.66. The number of allylic oxidation sites excluding steroid dienone is 1. The Hall–Kier alpha value is -2.21. The Balaban J connectivity index is 2.05. The molecule has 1 aromatic carbocycles. The topological polar surface area (TPSA) is 96.2 Å². The maximum atomic E-state index is 12.0. The van der Waals surface area contributed by atoms with Crippen molar-refractivity contribution >= 4 is 29.1 Å². The summed E-state index contributed by atoms with van der Waals surface area (Å²) < 4.78 is 0. The van der Waals surface area contributed by atoms with Gasteiger partial charge in [0.25, 0.3) is 11.8 Å². The van der Waals surface area contributed by atoms with Crippen molar-refractivity contribution in [2.45, 2.75) is 25.8 Å². The Bertz CT molecular complexity index is 609. The Morgan fingerprint density at radius 1 is 1.26 bits per heavy atom. The largest absolute Gasteiger partial charge is 0.393 e. The van der Waals surface area contributed by atoms with Crippen LogP contribution in [-0.4, -0.2) is 30.3 Å². The molecule has 0 unspecified atom stereocenters. The van der Waals surface area contributed by atoms with Crippen LogP contribution in [0.2, 0.25) is 0 Å². The minimum absolute atomic E-state index is 0.0831. The molecule has 0 saturated heterocycles. The summed E-state index contributed by atoms with van der Waals surface area (Å²) in [7, 11) is 0. The lowest BCUT2D eigenvalue weighted by Gasteiger charge is -2.13. The number of carbonyl (C=O) groups is 2. The highest BCUT2D eigenvalue weighted by Crippen LogP contribution is 2.19. The third-order valence-electron chi connectivity index (χ3n) is 3.40. The van der Waals surface area contributed by atoms with Gasteiger partial charge in [-0.2, -0.15) is 0 Å². The summed E-state index contributed by atoms with van der Waals surface area (Å²) in [4.78, 5) is 23.7. The van der Waals surface area contributed by atoms with Gasteiger partial charge in [-0.3, -0.25) is 9.59 Å². The highest BCUT2D eigenvalue weighted by Gasteiger charge is 2.25. The molecular weight excluding hydrogens is 316 g/mol. The molecule has 0 heterocycles. The number of amides is 2. The van der Waals surface area contributed by atoms with Crippen LogP contribution >= 0.6 is 11.6 Å². The lowest BCUT2D eigenvalue weighted by atomic mass is 10.2. The van der Waals surface area contributed by atoms with Crippen LogP contribution in [0.15, 0.2) is 35.7 Å². The molecule has 23 heavy (non-hydrogen) atoms. The molecule has 0 aromatic heterocycles. The van der Waals surface area contributed by atoms with E-state index >= 15 is 0 Å². The molecule has 7 heteroatoms. The zero-order valence-corrected chi connectivity index (χ0v) is 13.7. The minimum Gasteiger partial charge on any atom is -0.393 e. The number of halogens is 1. The molecule has 0 spiro atoms. The lowest BCUT2D eigenvalue weighted by Crippen LogP contribution is -2.32. The van der Waals surface area contributed by atoms with Crippen LogP contribution < -0.4 is 21.7 Å². The van der Waals surface area contributed by atoms with Gasteiger partial charge in [-0.25, -0.2) is 0 Å². The van der Waals surface area contributed by atoms with Gasteiger partial charge in [-0.15, -0.1) is 11.6 Å². The molecule has 5 N–H and O–H groups in total. The number of anilines is 1. The minimum atomic E-state index is -0.311. The normalized spacial score (nSPS) is 14.7. The number of rotatable bonds is 7. The van der Waals surface area contributed by atoms with E-state index in [2.05, 4.69) is 16.0 Å². The quantitative estimate of drug-likeness (QED) is 0.448. The van der Waals surface area contributed by atoms with E-state index in [1.54, 1.807) is 24.3 Å². The van der Waals surface area contributed by atoms with Crippen molar-refractivity contribution in [3.63, 3.8) is 0 Å². The van der Waals surface area contributed by atoms with Crippen LogP contribution in [0.25, 0.3) is 0 Å². The first kappa shape index (κ1) is 17.1. The fraction of sp³-hybridized carbons (Fsp3) is 0.375. The van der Waals surface area contributed by atoms with Gasteiger partial charge in [-0.05, 0) is 44.0 Å². The summed E-state index contributed by atoms with van der Waals surface area (Å²) in [6, 6.07) is 7.10. The third-order valence-corrected chi connectivity index (χ3v) is 3.66. The van der Waals surface area contributed by atoms with Gasteiger partial charge < -0.3 is 21.7 Å². The first-order valence-corrected chi connectivity index (χ1v) is 8.09. The second-order valence-corrected chi connectivity index (χ2v) is 5.60. The summed E-state index contributed by atoms with van der Waals surface area (Å²) in [5.74, 6) is -0.354. The molecule has 1 fully saturated rings. The van der Waals surface area contributed by atoms with E-state index in [9.17, 15) is 9.59 Å². The summed E-state index contributed by atoms with van der Waals surface area (Å²) in [6.07, 6.45) is 1.98. The molecule has 124 valence electrons. The number of benzene rings is 1. The van der Waals surface area contributed by atoms with Gasteiger partial charge in [0.15, 0.2) is 0 Å². The van der Waals surface area contributed by atoms with E-state index in [0.717, 1.165) is 12.8 Å². The molecule has 2 amide bonds. The number of hydrogen-bond donors (Lipinski definition) is 4. The average Bonchev–Trinajstić information content (AvgIpc) is 3.36. The van der Waals surface area contributed by atoms with Crippen LogP contribution in [0.5, 0.6) is 0 Å². The van der Waals surface area contributed by atoms with Crippen LogP contribution in [0.3, 0.4) is 0 Å². The van der Waals surface area contributed by atoms with Crippen molar-refractivity contribution in [3.05, 3.63) is 41.2 Å². The van der Waals surface area contributed by atoms with Gasteiger partial charge in [0.2, 0.25) is 0 Å². The number of alkyl halides is 1. The Morgan fingerprint density at radius 2 is 1.91 bits per heavy atom. The highest BCUT2D eigenvalue weighted by atomic mass is 35.5. The molecule has 2 rings (SSSR count). The predicted molar refractivity (Wildman–Crippen MR) is 91.2 cm³/mol. The van der Waals surface area contributed by atoms with Gasteiger partial charge >= 0.3 is 0 Å². The molecule has 1 aromatic rings. The fourth-order valence-electron chi connectivity index (χ4n) is 1.94. The molecule has 6 nitrogen and oxygen atoms in total. The number of carbonyl (C=O) groups excluding carboxylic acids is 2. The summed E-state index contributed by atoms with van der Waals surface area (Å²) in [6.45, 7) is 2.44. The summed E-state index contributed by atoms with van der Waals surface area (Å²) in [5, 5.41) is 8.58. The van der Waals surface area contributed by atoms with Gasteiger partial charge in [-0.1, -0.05) is 0 Å². The standard InChI is InChI=1S/C16H21ClN4O2/c1-2-19-15(22)10-3-5-11(6-4-10)20-13(9-17)14(18)16(23)21-12-7-8-12/h3-6,12,20H,2,7-9,18H2,1H3,(H,19,22)(H,21,23). The second kappa shape index (κ2) is 7.87. The highest BCUT2D eigenvalue weighted by molar-refractivity contribution is 6.20. The SMILES string of the molecule is CCNC(=O)c1ccc(NC(CCl)=C(N)C(=O)NC2CC2)cc1. The number of nitrogens with one attached hydrogen (secondary N) is 3. The van der Waals surface area contributed by atoms with Crippen molar-refractivity contribution in [3.8, 4) is 0 Å². The van der Waals surface area contributed by atoms with Crippen molar-refractivity contribution in [1.29, 1.82) is 0 Å². The molecule has 0 bridgehead atoms. The van der Waals surface area contributed by atoms with Gasteiger partial charge in [0.05, 0.1) is 11.6 Å². The third kappa shape index (κ3) is 4.89. The van der Waals surface area contributed by atoms with E-state index in [1.807, 2.05) is 6.92 Å². The fourth-order valence-corrected chi connectivity index (χ4v) is 2.15. The first-order chi connectivity index (χ1) is 11.0. The zero-order chi connectivity index (χ0) is 16.8.